The van der Waals surface area contributed by atoms with E-state index in [1.165, 1.54) is 0 Å². The van der Waals surface area contributed by atoms with E-state index in [-0.39, 0.29) is 6.10 Å². The van der Waals surface area contributed by atoms with Gasteiger partial charge in [0.25, 0.3) is 0 Å². The molecule has 0 bridgehead atoms. The van der Waals surface area contributed by atoms with E-state index in [0.29, 0.717) is 16.3 Å². The Morgan fingerprint density at radius 1 is 1.35 bits per heavy atom. The van der Waals surface area contributed by atoms with E-state index in [1.54, 1.807) is 13.8 Å². The van der Waals surface area contributed by atoms with E-state index < -0.39 is 6.09 Å². The summed E-state index contributed by atoms with van der Waals surface area (Å²) in [6.07, 6.45) is -0.911. The second kappa shape index (κ2) is 7.05. The lowest BCUT2D eigenvalue weighted by atomic mass is 10.1. The van der Waals surface area contributed by atoms with Crippen LogP contribution in [0.1, 0.15) is 38.0 Å². The summed E-state index contributed by atoms with van der Waals surface area (Å²) < 4.78 is 5.35. The fraction of sp³-hybridized carbons (Fsp3) is 0.333. The van der Waals surface area contributed by atoms with E-state index in [0.717, 1.165) is 11.1 Å². The van der Waals surface area contributed by atoms with Gasteiger partial charge in [-0.1, -0.05) is 36.5 Å². The Morgan fingerprint density at radius 3 is 2.45 bits per heavy atom. The van der Waals surface area contributed by atoms with Crippen molar-refractivity contribution in [3.05, 3.63) is 46.8 Å². The number of allylic oxidation sites excluding steroid dienone is 2. The Hall–Kier alpha value is -1.88. The molecule has 0 radical (unpaired) electrons. The summed E-state index contributed by atoms with van der Waals surface area (Å²) in [4.78, 5) is 12.4. The molecule has 1 amide bonds. The summed E-state index contributed by atoms with van der Waals surface area (Å²) in [5.41, 5.74) is 8.61. The fourth-order valence-corrected chi connectivity index (χ4v) is 2.07. The van der Waals surface area contributed by atoms with Gasteiger partial charge >= 0.3 is 6.09 Å². The highest BCUT2D eigenvalue weighted by atomic mass is 32.1. The molecule has 1 unspecified atom stereocenters. The van der Waals surface area contributed by atoms with E-state index in [2.05, 4.69) is 5.32 Å². The lowest BCUT2D eigenvalue weighted by Gasteiger charge is -2.17. The van der Waals surface area contributed by atoms with Crippen molar-refractivity contribution >= 4 is 23.2 Å². The number of carbonyl (C=O) groups is 1. The van der Waals surface area contributed by atoms with Gasteiger partial charge in [0.1, 0.15) is 6.10 Å². The van der Waals surface area contributed by atoms with Gasteiger partial charge in [-0.15, -0.1) is 0 Å². The Kier molecular flexibility index (Phi) is 5.70. The number of aryl methyl sites for hydroxylation is 1. The van der Waals surface area contributed by atoms with Crippen LogP contribution in [0, 0.1) is 6.92 Å². The highest BCUT2D eigenvalue weighted by molar-refractivity contribution is 7.80. The third-order valence-corrected chi connectivity index (χ3v) is 3.09. The van der Waals surface area contributed by atoms with Crippen LogP contribution in [-0.4, -0.2) is 11.0 Å². The zero-order chi connectivity index (χ0) is 15.3. The lowest BCUT2D eigenvalue weighted by molar-refractivity contribution is 0.110. The first-order valence-corrected chi connectivity index (χ1v) is 6.74. The van der Waals surface area contributed by atoms with Crippen LogP contribution in [0.15, 0.2) is 35.7 Å². The maximum absolute atomic E-state index is 11.9. The molecule has 5 heteroatoms. The molecule has 0 aromatic heterocycles. The Morgan fingerprint density at radius 2 is 1.95 bits per heavy atom. The number of amides is 1. The van der Waals surface area contributed by atoms with E-state index in [9.17, 15) is 4.79 Å². The van der Waals surface area contributed by atoms with Gasteiger partial charge in [-0.2, -0.15) is 0 Å². The first-order chi connectivity index (χ1) is 9.32. The van der Waals surface area contributed by atoms with Crippen LogP contribution in [-0.2, 0) is 4.74 Å². The molecule has 0 saturated heterocycles. The maximum atomic E-state index is 11.9. The van der Waals surface area contributed by atoms with Crippen LogP contribution >= 0.6 is 12.2 Å². The summed E-state index contributed by atoms with van der Waals surface area (Å²) in [6, 6.07) is 7.77. The molecule has 20 heavy (non-hydrogen) atoms. The molecule has 0 aliphatic carbocycles. The standard InChI is InChI=1S/C15H20N2O2S/c1-9-7-5-6-8-13(9)11(3)19-15(18)17-14(10(2)16)12(4)20/h5-8,11H,16H2,1-4H3,(H,17,18)/b14-10+. The zero-order valence-electron chi connectivity index (χ0n) is 12.2. The van der Waals surface area contributed by atoms with E-state index >= 15 is 0 Å². The number of alkyl carbamates (subject to hydrolysis) is 1. The van der Waals surface area contributed by atoms with Crippen molar-refractivity contribution in [2.24, 2.45) is 5.73 Å². The van der Waals surface area contributed by atoms with Crippen molar-refractivity contribution in [2.45, 2.75) is 33.8 Å². The summed E-state index contributed by atoms with van der Waals surface area (Å²) in [6.45, 7) is 7.18. The number of hydrogen-bond donors (Lipinski definition) is 2. The molecule has 0 heterocycles. The van der Waals surface area contributed by atoms with Crippen LogP contribution in [0.2, 0.25) is 0 Å². The molecule has 0 spiro atoms. The molecule has 1 rings (SSSR count). The second-order valence-corrected chi connectivity index (χ2v) is 5.26. The third kappa shape index (κ3) is 4.35. The van der Waals surface area contributed by atoms with E-state index in [1.807, 2.05) is 38.1 Å². The number of benzene rings is 1. The minimum absolute atomic E-state index is 0.346. The molecule has 1 aromatic rings. The van der Waals surface area contributed by atoms with Gasteiger partial charge in [0.2, 0.25) is 0 Å². The predicted molar refractivity (Wildman–Crippen MR) is 84.4 cm³/mol. The highest BCUT2D eigenvalue weighted by Crippen LogP contribution is 2.20. The monoisotopic (exact) mass is 292 g/mol. The van der Waals surface area contributed by atoms with Crippen molar-refractivity contribution in [2.75, 3.05) is 0 Å². The summed E-state index contributed by atoms with van der Waals surface area (Å²) in [5, 5.41) is 2.59. The predicted octanol–water partition coefficient (Wildman–Crippen LogP) is 3.36. The van der Waals surface area contributed by atoms with Crippen LogP contribution in [0.4, 0.5) is 4.79 Å². The van der Waals surface area contributed by atoms with Crippen LogP contribution in [0.5, 0.6) is 0 Å². The minimum Gasteiger partial charge on any atom is -0.441 e. The minimum atomic E-state index is -0.565. The number of nitrogens with two attached hydrogens (primary N) is 1. The molecular formula is C15H20N2O2S. The smallest absolute Gasteiger partial charge is 0.412 e. The average Bonchev–Trinajstić information content (AvgIpc) is 2.35. The van der Waals surface area contributed by atoms with E-state index in [4.69, 9.17) is 22.7 Å². The van der Waals surface area contributed by atoms with Crippen molar-refractivity contribution in [1.82, 2.24) is 5.32 Å². The van der Waals surface area contributed by atoms with Gasteiger partial charge < -0.3 is 10.5 Å². The zero-order valence-corrected chi connectivity index (χ0v) is 13.0. The van der Waals surface area contributed by atoms with Gasteiger partial charge in [0, 0.05) is 10.6 Å². The SMILES string of the molecule is CC(=S)/C(NC(=O)OC(C)c1ccccc1C)=C(/C)N. The average molecular weight is 292 g/mol. The number of nitrogens with one attached hydrogen (secondary N) is 1. The topological polar surface area (TPSA) is 64.3 Å². The Balaban J connectivity index is 2.75. The molecular weight excluding hydrogens is 272 g/mol. The highest BCUT2D eigenvalue weighted by Gasteiger charge is 2.15. The molecule has 4 nitrogen and oxygen atoms in total. The molecule has 0 saturated carbocycles. The lowest BCUT2D eigenvalue weighted by Crippen LogP contribution is -2.29. The third-order valence-electron chi connectivity index (χ3n) is 2.88. The quantitative estimate of drug-likeness (QED) is 0.659. The molecule has 0 fully saturated rings. The van der Waals surface area contributed by atoms with Gasteiger partial charge in [-0.3, -0.25) is 5.32 Å². The molecule has 1 aromatic carbocycles. The van der Waals surface area contributed by atoms with Crippen LogP contribution in [0.25, 0.3) is 0 Å². The molecule has 0 aliphatic heterocycles. The number of rotatable bonds is 4. The largest absolute Gasteiger partial charge is 0.441 e. The second-order valence-electron chi connectivity index (χ2n) is 4.64. The van der Waals surface area contributed by atoms with Crippen molar-refractivity contribution in [3.8, 4) is 0 Å². The summed E-state index contributed by atoms with van der Waals surface area (Å²) in [5.74, 6) is 0. The normalized spacial score (nSPS) is 13.2. The van der Waals surface area contributed by atoms with Gasteiger partial charge in [0.15, 0.2) is 0 Å². The summed E-state index contributed by atoms with van der Waals surface area (Å²) >= 11 is 5.03. The van der Waals surface area contributed by atoms with Crippen molar-refractivity contribution < 1.29 is 9.53 Å². The number of thiocarbonyl (C=S) groups is 1. The summed E-state index contributed by atoms with van der Waals surface area (Å²) in [7, 11) is 0. The van der Waals surface area contributed by atoms with Crippen LogP contribution < -0.4 is 11.1 Å². The molecule has 108 valence electrons. The van der Waals surface area contributed by atoms with Crippen molar-refractivity contribution in [3.63, 3.8) is 0 Å². The number of carbonyl (C=O) groups excluding carboxylic acids is 1. The Labute approximate surface area is 125 Å². The fourth-order valence-electron chi connectivity index (χ4n) is 1.86. The molecule has 1 atom stereocenters. The molecule has 3 N–H and O–H groups in total. The number of hydrogen-bond acceptors (Lipinski definition) is 4. The molecule has 0 aliphatic rings. The Bertz CT molecular complexity index is 549. The first kappa shape index (κ1) is 16.2. The number of ether oxygens (including phenoxy) is 1. The maximum Gasteiger partial charge on any atom is 0.412 e. The van der Waals surface area contributed by atoms with Gasteiger partial charge in [-0.05, 0) is 38.8 Å². The van der Waals surface area contributed by atoms with Crippen LogP contribution in [0.3, 0.4) is 0 Å². The van der Waals surface area contributed by atoms with Gasteiger partial charge in [0.05, 0.1) is 5.70 Å². The van der Waals surface area contributed by atoms with Gasteiger partial charge in [-0.25, -0.2) is 4.79 Å². The first-order valence-electron chi connectivity index (χ1n) is 6.33. The van der Waals surface area contributed by atoms with Crippen molar-refractivity contribution in [1.29, 1.82) is 0 Å².